The van der Waals surface area contributed by atoms with Gasteiger partial charge in [-0.25, -0.2) is 0 Å². The van der Waals surface area contributed by atoms with E-state index in [9.17, 15) is 9.59 Å². The van der Waals surface area contributed by atoms with Crippen molar-refractivity contribution in [2.75, 3.05) is 6.54 Å². The molecule has 100 valence electrons. The smallest absolute Gasteiger partial charge is 0.216 e. The summed E-state index contributed by atoms with van der Waals surface area (Å²) in [5.74, 6) is 0.869. The van der Waals surface area contributed by atoms with E-state index in [0.717, 1.165) is 19.3 Å². The number of carbonyl (C=O) groups is 2. The molecule has 0 aromatic carbocycles. The summed E-state index contributed by atoms with van der Waals surface area (Å²) in [6.45, 7) is 10.5. The van der Waals surface area contributed by atoms with E-state index in [1.54, 1.807) is 13.8 Å². The number of amides is 1. The maximum absolute atomic E-state index is 11.0. The molecule has 3 nitrogen and oxygen atoms in total. The summed E-state index contributed by atoms with van der Waals surface area (Å²) in [5.41, 5.74) is 0.106. The minimum absolute atomic E-state index is 0.0200. The zero-order chi connectivity index (χ0) is 13.5. The van der Waals surface area contributed by atoms with Gasteiger partial charge in [0.25, 0.3) is 0 Å². The van der Waals surface area contributed by atoms with Crippen molar-refractivity contribution in [2.24, 2.45) is 11.3 Å². The van der Waals surface area contributed by atoms with Gasteiger partial charge in [-0.3, -0.25) is 4.79 Å². The first-order valence-electron chi connectivity index (χ1n) is 6.49. The molecule has 0 aliphatic carbocycles. The van der Waals surface area contributed by atoms with Gasteiger partial charge in [0.05, 0.1) is 0 Å². The zero-order valence-electron chi connectivity index (χ0n) is 11.9. The van der Waals surface area contributed by atoms with Gasteiger partial charge in [-0.05, 0) is 37.5 Å². The Morgan fingerprint density at radius 1 is 1.24 bits per heavy atom. The van der Waals surface area contributed by atoms with Crippen molar-refractivity contribution in [3.8, 4) is 0 Å². The first-order valence-corrected chi connectivity index (χ1v) is 6.49. The number of hydrogen-bond donors (Lipinski definition) is 1. The fraction of sp³-hybridized carbons (Fsp3) is 0.857. The monoisotopic (exact) mass is 241 g/mol. The number of hydrogen-bond acceptors (Lipinski definition) is 2. The lowest BCUT2D eigenvalue weighted by molar-refractivity contribution is -0.120. The normalized spacial score (nSPS) is 14.5. The van der Waals surface area contributed by atoms with Crippen LogP contribution >= 0.6 is 0 Å². The highest BCUT2D eigenvalue weighted by Gasteiger charge is 2.25. The van der Waals surface area contributed by atoms with Crippen LogP contribution < -0.4 is 5.32 Å². The topological polar surface area (TPSA) is 46.2 Å². The molecule has 0 saturated heterocycles. The number of carbonyl (C=O) groups excluding carboxylic acids is 2. The van der Waals surface area contributed by atoms with E-state index in [1.807, 2.05) is 0 Å². The fourth-order valence-electron chi connectivity index (χ4n) is 2.35. The number of ketones is 1. The van der Waals surface area contributed by atoms with Crippen molar-refractivity contribution >= 4 is 11.7 Å². The van der Waals surface area contributed by atoms with Gasteiger partial charge in [0.15, 0.2) is 0 Å². The number of Topliss-reactive ketones (excluding diaryl/α,β-unsaturated/α-hetero) is 1. The van der Waals surface area contributed by atoms with Crippen LogP contribution in [-0.2, 0) is 9.59 Å². The van der Waals surface area contributed by atoms with E-state index in [1.165, 1.54) is 0 Å². The van der Waals surface area contributed by atoms with Gasteiger partial charge in [0, 0.05) is 19.9 Å². The first-order chi connectivity index (χ1) is 7.75. The summed E-state index contributed by atoms with van der Waals surface area (Å²) in [4.78, 5) is 21.9. The lowest BCUT2D eigenvalue weighted by Crippen LogP contribution is -2.35. The molecule has 0 rings (SSSR count). The maximum Gasteiger partial charge on any atom is 0.216 e. The molecule has 0 aromatic rings. The third-order valence-corrected chi connectivity index (χ3v) is 2.97. The third kappa shape index (κ3) is 8.90. The highest BCUT2D eigenvalue weighted by Crippen LogP contribution is 2.31. The SMILES string of the molecule is CC(=O)CCCC(C)(CNC(C)=O)CC(C)C. The molecule has 0 spiro atoms. The van der Waals surface area contributed by atoms with Crippen LogP contribution in [0.5, 0.6) is 0 Å². The van der Waals surface area contributed by atoms with E-state index in [4.69, 9.17) is 0 Å². The van der Waals surface area contributed by atoms with E-state index >= 15 is 0 Å². The molecule has 0 aliphatic heterocycles. The summed E-state index contributed by atoms with van der Waals surface area (Å²) < 4.78 is 0. The molecule has 0 fully saturated rings. The maximum atomic E-state index is 11.0. The Hall–Kier alpha value is -0.860. The molecular formula is C14H27NO2. The Kier molecular flexibility index (Phi) is 7.09. The molecule has 0 heterocycles. The van der Waals surface area contributed by atoms with Crippen molar-refractivity contribution in [1.29, 1.82) is 0 Å². The second-order valence-electron chi connectivity index (χ2n) is 5.87. The number of nitrogens with one attached hydrogen (secondary N) is 1. The highest BCUT2D eigenvalue weighted by molar-refractivity contribution is 5.75. The van der Waals surface area contributed by atoms with E-state index in [-0.39, 0.29) is 17.1 Å². The Bertz CT molecular complexity index is 261. The average Bonchev–Trinajstić information content (AvgIpc) is 2.13. The van der Waals surface area contributed by atoms with Crippen molar-refractivity contribution in [3.05, 3.63) is 0 Å². The summed E-state index contributed by atoms with van der Waals surface area (Å²) >= 11 is 0. The Balaban J connectivity index is 4.27. The molecule has 1 N–H and O–H groups in total. The van der Waals surface area contributed by atoms with Crippen molar-refractivity contribution < 1.29 is 9.59 Å². The molecule has 0 saturated carbocycles. The van der Waals surface area contributed by atoms with E-state index in [2.05, 4.69) is 26.1 Å². The molecule has 1 unspecified atom stereocenters. The molecule has 1 atom stereocenters. The van der Waals surface area contributed by atoms with Crippen LogP contribution in [-0.4, -0.2) is 18.2 Å². The van der Waals surface area contributed by atoms with Gasteiger partial charge in [-0.1, -0.05) is 20.8 Å². The van der Waals surface area contributed by atoms with Crippen LogP contribution in [0.1, 0.15) is 60.3 Å². The van der Waals surface area contributed by atoms with Crippen LogP contribution in [0.3, 0.4) is 0 Å². The quantitative estimate of drug-likeness (QED) is 0.710. The molecule has 17 heavy (non-hydrogen) atoms. The Morgan fingerprint density at radius 3 is 2.24 bits per heavy atom. The van der Waals surface area contributed by atoms with Crippen LogP contribution in [0.15, 0.2) is 0 Å². The van der Waals surface area contributed by atoms with Crippen LogP contribution in [0.25, 0.3) is 0 Å². The first kappa shape index (κ1) is 16.1. The Morgan fingerprint density at radius 2 is 1.82 bits per heavy atom. The molecular weight excluding hydrogens is 214 g/mol. The lowest BCUT2D eigenvalue weighted by Gasteiger charge is -2.31. The second-order valence-corrected chi connectivity index (χ2v) is 5.87. The summed E-state index contributed by atoms with van der Waals surface area (Å²) in [5, 5.41) is 2.91. The fourth-order valence-corrected chi connectivity index (χ4v) is 2.35. The zero-order valence-corrected chi connectivity index (χ0v) is 11.9. The van der Waals surface area contributed by atoms with E-state index in [0.29, 0.717) is 18.9 Å². The van der Waals surface area contributed by atoms with Gasteiger partial charge in [-0.2, -0.15) is 0 Å². The Labute approximate surface area is 105 Å². The second kappa shape index (κ2) is 7.46. The molecule has 0 bridgehead atoms. The van der Waals surface area contributed by atoms with Crippen LogP contribution in [0, 0.1) is 11.3 Å². The summed E-state index contributed by atoms with van der Waals surface area (Å²) in [7, 11) is 0. The minimum Gasteiger partial charge on any atom is -0.356 e. The molecule has 1 amide bonds. The van der Waals surface area contributed by atoms with Crippen molar-refractivity contribution in [3.63, 3.8) is 0 Å². The number of rotatable bonds is 8. The summed E-state index contributed by atoms with van der Waals surface area (Å²) in [6, 6.07) is 0. The molecule has 0 aromatic heterocycles. The molecule has 3 heteroatoms. The van der Waals surface area contributed by atoms with Gasteiger partial charge in [-0.15, -0.1) is 0 Å². The van der Waals surface area contributed by atoms with Crippen LogP contribution in [0.2, 0.25) is 0 Å². The predicted molar refractivity (Wildman–Crippen MR) is 70.8 cm³/mol. The molecule has 0 aliphatic rings. The highest BCUT2D eigenvalue weighted by atomic mass is 16.1. The van der Waals surface area contributed by atoms with Gasteiger partial charge >= 0.3 is 0 Å². The van der Waals surface area contributed by atoms with Crippen molar-refractivity contribution in [2.45, 2.75) is 60.3 Å². The minimum atomic E-state index is 0.0200. The van der Waals surface area contributed by atoms with Gasteiger partial charge in [0.1, 0.15) is 5.78 Å². The van der Waals surface area contributed by atoms with Gasteiger partial charge in [0.2, 0.25) is 5.91 Å². The van der Waals surface area contributed by atoms with E-state index < -0.39 is 0 Å². The van der Waals surface area contributed by atoms with Crippen LogP contribution in [0.4, 0.5) is 0 Å². The summed E-state index contributed by atoms with van der Waals surface area (Å²) in [6.07, 6.45) is 3.63. The largest absolute Gasteiger partial charge is 0.356 e. The lowest BCUT2D eigenvalue weighted by atomic mass is 9.77. The molecule has 0 radical (unpaired) electrons. The predicted octanol–water partition coefficient (Wildman–Crippen LogP) is 2.93. The van der Waals surface area contributed by atoms with Crippen molar-refractivity contribution in [1.82, 2.24) is 5.32 Å². The average molecular weight is 241 g/mol. The third-order valence-electron chi connectivity index (χ3n) is 2.97. The standard InChI is InChI=1S/C14H27NO2/c1-11(2)9-14(5,10-15-13(4)17)8-6-7-12(3)16/h11H,6-10H2,1-5H3,(H,15,17). The van der Waals surface area contributed by atoms with Gasteiger partial charge < -0.3 is 10.1 Å².